The van der Waals surface area contributed by atoms with Gasteiger partial charge in [-0.05, 0) is 23.6 Å². The van der Waals surface area contributed by atoms with Gasteiger partial charge >= 0.3 is 0 Å². The van der Waals surface area contributed by atoms with Crippen LogP contribution >= 0.6 is 0 Å². The van der Waals surface area contributed by atoms with Crippen LogP contribution in [0, 0.1) is 0 Å². The predicted molar refractivity (Wildman–Crippen MR) is 89.3 cm³/mol. The van der Waals surface area contributed by atoms with Crippen molar-refractivity contribution in [1.82, 2.24) is 4.31 Å². The first kappa shape index (κ1) is 15.1. The van der Waals surface area contributed by atoms with Crippen LogP contribution in [0.15, 0.2) is 54.6 Å². The van der Waals surface area contributed by atoms with Crippen LogP contribution in [-0.2, 0) is 23.0 Å². The van der Waals surface area contributed by atoms with E-state index in [1.165, 1.54) is 6.26 Å². The normalized spacial score (nSPS) is 19.0. The second kappa shape index (κ2) is 6.10. The lowest BCUT2D eigenvalue weighted by molar-refractivity contribution is 0.328. The Balaban J connectivity index is 1.92. The van der Waals surface area contributed by atoms with E-state index in [0.717, 1.165) is 16.8 Å². The van der Waals surface area contributed by atoms with Gasteiger partial charge in [0.2, 0.25) is 10.0 Å². The van der Waals surface area contributed by atoms with E-state index in [1.54, 1.807) is 4.31 Å². The summed E-state index contributed by atoms with van der Waals surface area (Å²) >= 11 is 0. The second-order valence-corrected chi connectivity index (χ2v) is 7.62. The van der Waals surface area contributed by atoms with Crippen molar-refractivity contribution in [3.05, 3.63) is 65.7 Å². The summed E-state index contributed by atoms with van der Waals surface area (Å²) < 4.78 is 26.1. The zero-order chi connectivity index (χ0) is 15.6. The van der Waals surface area contributed by atoms with Gasteiger partial charge in [-0.15, -0.1) is 0 Å². The zero-order valence-corrected chi connectivity index (χ0v) is 13.4. The van der Waals surface area contributed by atoms with Crippen LogP contribution in [0.2, 0.25) is 0 Å². The number of nitrogens with zero attached hydrogens (tertiary/aromatic N) is 1. The summed E-state index contributed by atoms with van der Waals surface area (Å²) in [7, 11) is -3.27. The van der Waals surface area contributed by atoms with Crippen LogP contribution in [0.1, 0.15) is 11.1 Å². The van der Waals surface area contributed by atoms with Crippen molar-refractivity contribution in [2.45, 2.75) is 19.0 Å². The molecular weight excluding hydrogens is 296 g/mol. The van der Waals surface area contributed by atoms with Crippen molar-refractivity contribution in [3.63, 3.8) is 0 Å². The van der Waals surface area contributed by atoms with Crippen LogP contribution in [0.25, 0.3) is 0 Å². The minimum Gasteiger partial charge on any atom is -0.383 e. The maximum absolute atomic E-state index is 12.2. The molecule has 3 rings (SSSR count). The summed E-state index contributed by atoms with van der Waals surface area (Å²) in [5.74, 6) is 0. The first-order chi connectivity index (χ1) is 10.5. The Morgan fingerprint density at radius 2 is 1.77 bits per heavy atom. The minimum atomic E-state index is -3.27. The minimum absolute atomic E-state index is 0.0928. The number of hydrogen-bond acceptors (Lipinski definition) is 3. The highest BCUT2D eigenvalue weighted by atomic mass is 32.2. The fourth-order valence-corrected chi connectivity index (χ4v) is 3.97. The Hall–Kier alpha value is -1.85. The Morgan fingerprint density at radius 1 is 1.09 bits per heavy atom. The molecule has 1 aliphatic rings. The molecule has 1 unspecified atom stereocenters. The van der Waals surface area contributed by atoms with Crippen LogP contribution in [0.5, 0.6) is 0 Å². The highest BCUT2D eigenvalue weighted by molar-refractivity contribution is 7.88. The molecule has 5 heteroatoms. The van der Waals surface area contributed by atoms with Gasteiger partial charge in [-0.1, -0.05) is 48.5 Å². The monoisotopic (exact) mass is 316 g/mol. The maximum Gasteiger partial charge on any atom is 0.211 e. The van der Waals surface area contributed by atoms with Crippen molar-refractivity contribution >= 4 is 15.7 Å². The third-order valence-corrected chi connectivity index (χ3v) is 5.30. The quantitative estimate of drug-likeness (QED) is 0.946. The van der Waals surface area contributed by atoms with E-state index in [-0.39, 0.29) is 6.04 Å². The molecule has 0 aliphatic carbocycles. The number of nitrogens with one attached hydrogen (secondary N) is 1. The Morgan fingerprint density at radius 3 is 2.50 bits per heavy atom. The molecule has 1 atom stereocenters. The Kier molecular flexibility index (Phi) is 4.18. The number of rotatable bonds is 3. The van der Waals surface area contributed by atoms with Crippen LogP contribution in [0.3, 0.4) is 0 Å². The molecule has 2 aromatic rings. The summed E-state index contributed by atoms with van der Waals surface area (Å²) in [6.45, 7) is 1.03. The standard InChI is InChI=1S/C17H20N2O2S/c1-22(20,21)19-13-15-9-5-6-10-17(15)18-12-16(19)11-14-7-3-2-4-8-14/h2-10,16,18H,11-13H2,1H3. The van der Waals surface area contributed by atoms with Gasteiger partial charge in [0.15, 0.2) is 0 Å². The van der Waals surface area contributed by atoms with Crippen LogP contribution in [-0.4, -0.2) is 31.6 Å². The van der Waals surface area contributed by atoms with Crippen molar-refractivity contribution in [2.75, 3.05) is 18.1 Å². The molecule has 0 amide bonds. The fraction of sp³-hybridized carbons (Fsp3) is 0.294. The number of anilines is 1. The molecule has 0 fully saturated rings. The first-order valence-electron chi connectivity index (χ1n) is 7.36. The van der Waals surface area contributed by atoms with E-state index in [0.29, 0.717) is 19.5 Å². The fourth-order valence-electron chi connectivity index (χ4n) is 2.91. The number of hydrogen-bond donors (Lipinski definition) is 1. The third kappa shape index (κ3) is 3.31. The van der Waals surface area contributed by atoms with E-state index >= 15 is 0 Å². The molecule has 0 radical (unpaired) electrons. The summed E-state index contributed by atoms with van der Waals surface area (Å²) in [5, 5.41) is 3.39. The molecule has 0 saturated carbocycles. The van der Waals surface area contributed by atoms with Crippen molar-refractivity contribution < 1.29 is 8.42 Å². The van der Waals surface area contributed by atoms with E-state index in [2.05, 4.69) is 5.32 Å². The number of fused-ring (bicyclic) bond motifs is 1. The molecule has 0 bridgehead atoms. The van der Waals surface area contributed by atoms with Gasteiger partial charge in [0.1, 0.15) is 0 Å². The highest BCUT2D eigenvalue weighted by Gasteiger charge is 2.30. The molecule has 0 spiro atoms. The van der Waals surface area contributed by atoms with Gasteiger partial charge in [0.25, 0.3) is 0 Å². The van der Waals surface area contributed by atoms with Gasteiger partial charge in [-0.2, -0.15) is 4.31 Å². The average Bonchev–Trinajstić information content (AvgIpc) is 2.68. The Bertz CT molecular complexity index is 744. The van der Waals surface area contributed by atoms with E-state index < -0.39 is 10.0 Å². The van der Waals surface area contributed by atoms with E-state index in [4.69, 9.17) is 0 Å². The van der Waals surface area contributed by atoms with Gasteiger partial charge in [-0.3, -0.25) is 0 Å². The summed E-state index contributed by atoms with van der Waals surface area (Å²) in [4.78, 5) is 0. The zero-order valence-electron chi connectivity index (χ0n) is 12.6. The predicted octanol–water partition coefficient (Wildman–Crippen LogP) is 2.49. The topological polar surface area (TPSA) is 49.4 Å². The number of benzene rings is 2. The largest absolute Gasteiger partial charge is 0.383 e. The maximum atomic E-state index is 12.2. The molecule has 4 nitrogen and oxygen atoms in total. The van der Waals surface area contributed by atoms with Crippen molar-refractivity contribution in [2.24, 2.45) is 0 Å². The molecule has 1 aliphatic heterocycles. The molecule has 0 aromatic heterocycles. The lowest BCUT2D eigenvalue weighted by Crippen LogP contribution is -2.42. The van der Waals surface area contributed by atoms with E-state index in [1.807, 2.05) is 54.6 Å². The number of para-hydroxylation sites is 1. The molecule has 116 valence electrons. The van der Waals surface area contributed by atoms with Crippen molar-refractivity contribution in [3.8, 4) is 0 Å². The highest BCUT2D eigenvalue weighted by Crippen LogP contribution is 2.25. The second-order valence-electron chi connectivity index (χ2n) is 5.69. The lowest BCUT2D eigenvalue weighted by atomic mass is 10.1. The molecule has 1 heterocycles. The average molecular weight is 316 g/mol. The van der Waals surface area contributed by atoms with Crippen LogP contribution < -0.4 is 5.32 Å². The molecule has 2 aromatic carbocycles. The van der Waals surface area contributed by atoms with Crippen molar-refractivity contribution in [1.29, 1.82) is 0 Å². The SMILES string of the molecule is CS(=O)(=O)N1Cc2ccccc2NCC1Cc1ccccc1. The first-order valence-corrected chi connectivity index (χ1v) is 9.21. The molecule has 0 saturated heterocycles. The van der Waals surface area contributed by atoms with Gasteiger partial charge in [0.05, 0.1) is 6.26 Å². The lowest BCUT2D eigenvalue weighted by Gasteiger charge is -2.27. The van der Waals surface area contributed by atoms with Gasteiger partial charge in [0, 0.05) is 24.8 Å². The summed E-state index contributed by atoms with van der Waals surface area (Å²) in [6.07, 6.45) is 1.99. The van der Waals surface area contributed by atoms with Crippen LogP contribution in [0.4, 0.5) is 5.69 Å². The summed E-state index contributed by atoms with van der Waals surface area (Å²) in [5.41, 5.74) is 3.18. The van der Waals surface area contributed by atoms with Gasteiger partial charge in [-0.25, -0.2) is 8.42 Å². The molecule has 22 heavy (non-hydrogen) atoms. The third-order valence-electron chi connectivity index (χ3n) is 4.02. The summed E-state index contributed by atoms with van der Waals surface area (Å²) in [6, 6.07) is 17.8. The number of sulfonamides is 1. The Labute approximate surface area is 131 Å². The van der Waals surface area contributed by atoms with Gasteiger partial charge < -0.3 is 5.32 Å². The molecular formula is C17H20N2O2S. The smallest absolute Gasteiger partial charge is 0.211 e. The van der Waals surface area contributed by atoms with E-state index in [9.17, 15) is 8.42 Å². The molecule has 1 N–H and O–H groups in total.